The molecule has 0 spiro atoms. The van der Waals surface area contributed by atoms with Crippen LogP contribution in [0, 0.1) is 0 Å². The van der Waals surface area contributed by atoms with Crippen molar-refractivity contribution in [1.29, 1.82) is 0 Å². The number of carbonyl (C=O) groups is 1. The number of unbranched alkanes of at least 4 members (excludes halogenated alkanes) is 1. The van der Waals surface area contributed by atoms with Gasteiger partial charge >= 0.3 is 0 Å². The highest BCUT2D eigenvalue weighted by Crippen LogP contribution is 2.15. The van der Waals surface area contributed by atoms with Gasteiger partial charge in [0.05, 0.1) is 6.61 Å². The quantitative estimate of drug-likeness (QED) is 0.801. The van der Waals surface area contributed by atoms with E-state index in [1.54, 1.807) is 0 Å². The molecule has 0 bridgehead atoms. The summed E-state index contributed by atoms with van der Waals surface area (Å²) in [4.78, 5) is 11.4. The van der Waals surface area contributed by atoms with Crippen LogP contribution in [0.4, 0.5) is 5.69 Å². The molecule has 1 rings (SSSR count). The third kappa shape index (κ3) is 4.34. The molecule has 0 atom stereocenters. The monoisotopic (exact) mass is 221 g/mol. The van der Waals surface area contributed by atoms with Crippen molar-refractivity contribution in [3.05, 3.63) is 24.3 Å². The SMILES string of the molecule is CCCCC(=O)Nc1ccc(OCC)cc1. The molecule has 1 aromatic carbocycles. The molecule has 3 nitrogen and oxygen atoms in total. The molecule has 0 heterocycles. The van der Waals surface area contributed by atoms with Crippen LogP contribution in [0.25, 0.3) is 0 Å². The van der Waals surface area contributed by atoms with Crippen molar-refractivity contribution in [2.24, 2.45) is 0 Å². The van der Waals surface area contributed by atoms with Crippen molar-refractivity contribution < 1.29 is 9.53 Å². The van der Waals surface area contributed by atoms with E-state index in [0.717, 1.165) is 24.3 Å². The second-order valence-corrected chi connectivity index (χ2v) is 3.61. The predicted octanol–water partition coefficient (Wildman–Crippen LogP) is 3.21. The van der Waals surface area contributed by atoms with Crippen LogP contribution in [-0.2, 0) is 4.79 Å². The topological polar surface area (TPSA) is 38.3 Å². The molecule has 0 unspecified atom stereocenters. The minimum Gasteiger partial charge on any atom is -0.494 e. The Morgan fingerprint density at radius 1 is 1.25 bits per heavy atom. The van der Waals surface area contributed by atoms with Gasteiger partial charge < -0.3 is 10.1 Å². The zero-order chi connectivity index (χ0) is 11.8. The van der Waals surface area contributed by atoms with Crippen molar-refractivity contribution in [3.8, 4) is 5.75 Å². The molecular formula is C13H19NO2. The number of carbonyl (C=O) groups excluding carboxylic acids is 1. The summed E-state index contributed by atoms with van der Waals surface area (Å²) in [7, 11) is 0. The predicted molar refractivity (Wildman–Crippen MR) is 65.8 cm³/mol. The first-order valence-corrected chi connectivity index (χ1v) is 5.79. The van der Waals surface area contributed by atoms with Crippen molar-refractivity contribution in [3.63, 3.8) is 0 Å². The van der Waals surface area contributed by atoms with E-state index >= 15 is 0 Å². The molecule has 0 saturated carbocycles. The average molecular weight is 221 g/mol. The molecule has 0 aliphatic heterocycles. The number of amides is 1. The van der Waals surface area contributed by atoms with E-state index in [1.807, 2.05) is 31.2 Å². The maximum Gasteiger partial charge on any atom is 0.224 e. The summed E-state index contributed by atoms with van der Waals surface area (Å²) in [6.45, 7) is 4.67. The molecule has 1 amide bonds. The summed E-state index contributed by atoms with van der Waals surface area (Å²) in [6.07, 6.45) is 2.56. The van der Waals surface area contributed by atoms with Gasteiger partial charge in [-0.2, -0.15) is 0 Å². The first kappa shape index (κ1) is 12.6. The Morgan fingerprint density at radius 2 is 1.94 bits per heavy atom. The molecule has 0 aromatic heterocycles. The minimum atomic E-state index is 0.0750. The Labute approximate surface area is 96.8 Å². The first-order valence-electron chi connectivity index (χ1n) is 5.79. The Bertz CT molecular complexity index is 319. The summed E-state index contributed by atoms with van der Waals surface area (Å²) >= 11 is 0. The fourth-order valence-electron chi connectivity index (χ4n) is 1.36. The maximum atomic E-state index is 11.4. The number of rotatable bonds is 6. The summed E-state index contributed by atoms with van der Waals surface area (Å²) in [5, 5.41) is 2.85. The van der Waals surface area contributed by atoms with Gasteiger partial charge in [-0.1, -0.05) is 13.3 Å². The van der Waals surface area contributed by atoms with Gasteiger partial charge in [-0.3, -0.25) is 4.79 Å². The van der Waals surface area contributed by atoms with Crippen LogP contribution in [0.3, 0.4) is 0 Å². The highest BCUT2D eigenvalue weighted by molar-refractivity contribution is 5.90. The van der Waals surface area contributed by atoms with E-state index in [4.69, 9.17) is 4.74 Å². The van der Waals surface area contributed by atoms with E-state index < -0.39 is 0 Å². The maximum absolute atomic E-state index is 11.4. The smallest absolute Gasteiger partial charge is 0.224 e. The highest BCUT2D eigenvalue weighted by atomic mass is 16.5. The summed E-state index contributed by atoms with van der Waals surface area (Å²) < 4.78 is 5.32. The number of ether oxygens (including phenoxy) is 1. The van der Waals surface area contributed by atoms with Gasteiger partial charge in [0, 0.05) is 12.1 Å². The number of benzene rings is 1. The van der Waals surface area contributed by atoms with Gasteiger partial charge in [0.15, 0.2) is 0 Å². The van der Waals surface area contributed by atoms with E-state index in [-0.39, 0.29) is 5.91 Å². The standard InChI is InChI=1S/C13H19NO2/c1-3-5-6-13(15)14-11-7-9-12(10-8-11)16-4-2/h7-10H,3-6H2,1-2H3,(H,14,15). The molecule has 1 aromatic rings. The molecule has 3 heteroatoms. The van der Waals surface area contributed by atoms with Crippen LogP contribution >= 0.6 is 0 Å². The normalized spacial score (nSPS) is 9.88. The fourth-order valence-corrected chi connectivity index (χ4v) is 1.36. The molecule has 1 N–H and O–H groups in total. The summed E-state index contributed by atoms with van der Waals surface area (Å²) in [6, 6.07) is 7.43. The molecule has 0 radical (unpaired) electrons. The Morgan fingerprint density at radius 3 is 2.50 bits per heavy atom. The number of hydrogen-bond acceptors (Lipinski definition) is 2. The lowest BCUT2D eigenvalue weighted by Gasteiger charge is -2.06. The van der Waals surface area contributed by atoms with Gasteiger partial charge in [0.1, 0.15) is 5.75 Å². The minimum absolute atomic E-state index is 0.0750. The second-order valence-electron chi connectivity index (χ2n) is 3.61. The van der Waals surface area contributed by atoms with Crippen LogP contribution in [0.1, 0.15) is 33.1 Å². The molecule has 0 aliphatic carbocycles. The van der Waals surface area contributed by atoms with E-state index in [9.17, 15) is 4.79 Å². The van der Waals surface area contributed by atoms with Crippen molar-refractivity contribution in [2.45, 2.75) is 33.1 Å². The van der Waals surface area contributed by atoms with Crippen LogP contribution in [0.15, 0.2) is 24.3 Å². The zero-order valence-electron chi connectivity index (χ0n) is 9.95. The van der Waals surface area contributed by atoms with E-state index in [2.05, 4.69) is 12.2 Å². The average Bonchev–Trinajstić information content (AvgIpc) is 2.29. The van der Waals surface area contributed by atoms with Crippen LogP contribution in [0.2, 0.25) is 0 Å². The van der Waals surface area contributed by atoms with E-state index in [1.165, 1.54) is 0 Å². The fraction of sp³-hybridized carbons (Fsp3) is 0.462. The molecule has 0 saturated heterocycles. The van der Waals surface area contributed by atoms with Gasteiger partial charge in [-0.15, -0.1) is 0 Å². The lowest BCUT2D eigenvalue weighted by Crippen LogP contribution is -2.10. The highest BCUT2D eigenvalue weighted by Gasteiger charge is 2.01. The number of nitrogens with one attached hydrogen (secondary N) is 1. The van der Waals surface area contributed by atoms with Gasteiger partial charge in [0.25, 0.3) is 0 Å². The summed E-state index contributed by atoms with van der Waals surface area (Å²) in [5.41, 5.74) is 0.824. The van der Waals surface area contributed by atoms with Crippen LogP contribution in [-0.4, -0.2) is 12.5 Å². The molecule has 16 heavy (non-hydrogen) atoms. The molecule has 0 fully saturated rings. The molecular weight excluding hydrogens is 202 g/mol. The third-order valence-electron chi connectivity index (χ3n) is 2.21. The molecule has 0 aliphatic rings. The lowest BCUT2D eigenvalue weighted by molar-refractivity contribution is -0.116. The Balaban J connectivity index is 2.45. The third-order valence-corrected chi connectivity index (χ3v) is 2.21. The van der Waals surface area contributed by atoms with Gasteiger partial charge in [-0.25, -0.2) is 0 Å². The van der Waals surface area contributed by atoms with Gasteiger partial charge in [0.2, 0.25) is 5.91 Å². The number of hydrogen-bond donors (Lipinski definition) is 1. The van der Waals surface area contributed by atoms with Crippen molar-refractivity contribution in [2.75, 3.05) is 11.9 Å². The van der Waals surface area contributed by atoms with Gasteiger partial charge in [-0.05, 0) is 37.6 Å². The van der Waals surface area contributed by atoms with Crippen molar-refractivity contribution in [1.82, 2.24) is 0 Å². The lowest BCUT2D eigenvalue weighted by atomic mass is 10.2. The largest absolute Gasteiger partial charge is 0.494 e. The first-order chi connectivity index (χ1) is 7.76. The van der Waals surface area contributed by atoms with Crippen LogP contribution < -0.4 is 10.1 Å². The Hall–Kier alpha value is -1.51. The summed E-state index contributed by atoms with van der Waals surface area (Å²) in [5.74, 6) is 0.903. The van der Waals surface area contributed by atoms with Crippen LogP contribution in [0.5, 0.6) is 5.75 Å². The number of anilines is 1. The molecule has 88 valence electrons. The van der Waals surface area contributed by atoms with E-state index in [0.29, 0.717) is 13.0 Å². The van der Waals surface area contributed by atoms with Crippen molar-refractivity contribution >= 4 is 11.6 Å². The Kier molecular flexibility index (Phi) is 5.40. The second kappa shape index (κ2) is 6.88. The zero-order valence-corrected chi connectivity index (χ0v) is 9.95.